The van der Waals surface area contributed by atoms with Gasteiger partial charge in [-0.05, 0) is 47.4 Å². The number of ether oxygens (including phenoxy) is 2. The van der Waals surface area contributed by atoms with Crippen LogP contribution in [0.1, 0.15) is 49.7 Å². The number of carbonyl (C=O) groups is 2. The van der Waals surface area contributed by atoms with Gasteiger partial charge in [-0.1, -0.05) is 51.4 Å². The highest BCUT2D eigenvalue weighted by atomic mass is 35.5. The number of amides is 2. The number of aromatic nitrogens is 1. The number of nitrogens with zero attached hydrogens (tertiary/aromatic N) is 4. The Morgan fingerprint density at radius 3 is 2.29 bits per heavy atom. The highest BCUT2D eigenvalue weighted by molar-refractivity contribution is 6.33. The molecule has 0 aliphatic rings. The fourth-order valence-electron chi connectivity index (χ4n) is 3.51. The summed E-state index contributed by atoms with van der Waals surface area (Å²) in [5.74, 6) is -1.57. The highest BCUT2D eigenvalue weighted by Gasteiger charge is 2.32. The predicted molar refractivity (Wildman–Crippen MR) is 164 cm³/mol. The van der Waals surface area contributed by atoms with E-state index in [1.54, 1.807) is 36.5 Å². The molecule has 0 fully saturated rings. The number of nitrogens with two attached hydrogens (primary N) is 1. The summed E-state index contributed by atoms with van der Waals surface area (Å²) in [5, 5.41) is 0.419. The molecule has 11 heteroatoms. The molecule has 0 unspecified atom stereocenters. The Kier molecular flexibility index (Phi) is 12.3. The second-order valence-corrected chi connectivity index (χ2v) is 11.5. The van der Waals surface area contributed by atoms with Gasteiger partial charge in [0, 0.05) is 44.0 Å². The zero-order valence-corrected chi connectivity index (χ0v) is 26.1. The minimum Gasteiger partial charge on any atom is -0.497 e. The Morgan fingerprint density at radius 1 is 1.10 bits per heavy atom. The number of rotatable bonds is 7. The van der Waals surface area contributed by atoms with Crippen LogP contribution in [-0.4, -0.2) is 67.6 Å². The van der Waals surface area contributed by atoms with Gasteiger partial charge in [0.2, 0.25) is 0 Å². The van der Waals surface area contributed by atoms with E-state index in [1.165, 1.54) is 45.3 Å². The molecule has 3 aromatic rings. The molecular formula is C31H39ClFN5O4. The van der Waals surface area contributed by atoms with Gasteiger partial charge in [0.15, 0.2) is 5.96 Å². The number of hydrogen-bond acceptors (Lipinski definition) is 6. The maximum atomic E-state index is 14.9. The summed E-state index contributed by atoms with van der Waals surface area (Å²) in [4.78, 5) is 36.6. The third-order valence-corrected chi connectivity index (χ3v) is 5.79. The summed E-state index contributed by atoms with van der Waals surface area (Å²) in [5.41, 5.74) is 8.07. The van der Waals surface area contributed by atoms with Gasteiger partial charge in [-0.3, -0.25) is 19.7 Å². The standard InChI is InChI=1S/C26H27ClFN5O4.C5H12/c1-30-25(29)33(24(34)18-10-9-17(36-4)14-21(18)28)23(15-37-26(35)32(2)3)16-8-11-20(27)19(13-16)22-7-5-6-12-31-22;1-5(2,3)4/h5-14,23H,15H2,1-4H3,(H2,29,30);1-4H3/t23-;/m1./s1. The zero-order chi connectivity index (χ0) is 31.6. The molecule has 1 atom stereocenters. The van der Waals surface area contributed by atoms with Crippen LogP contribution in [0.3, 0.4) is 0 Å². The highest BCUT2D eigenvalue weighted by Crippen LogP contribution is 2.33. The second-order valence-electron chi connectivity index (χ2n) is 11.0. The molecule has 2 aromatic carbocycles. The first-order valence-electron chi connectivity index (χ1n) is 13.1. The molecule has 9 nitrogen and oxygen atoms in total. The number of aliphatic imine (C=N–C) groups is 1. The van der Waals surface area contributed by atoms with Crippen molar-refractivity contribution >= 4 is 29.6 Å². The van der Waals surface area contributed by atoms with E-state index in [0.29, 0.717) is 27.3 Å². The van der Waals surface area contributed by atoms with Gasteiger partial charge in [0.1, 0.15) is 18.2 Å². The molecule has 0 bridgehead atoms. The van der Waals surface area contributed by atoms with E-state index >= 15 is 0 Å². The number of guanidine groups is 1. The number of hydrogen-bond donors (Lipinski definition) is 1. The molecule has 226 valence electrons. The summed E-state index contributed by atoms with van der Waals surface area (Å²) >= 11 is 6.46. The topological polar surface area (TPSA) is 110 Å². The minimum absolute atomic E-state index is 0.208. The number of carbonyl (C=O) groups excluding carboxylic acids is 2. The van der Waals surface area contributed by atoms with Crippen LogP contribution in [0.4, 0.5) is 9.18 Å². The first-order valence-corrected chi connectivity index (χ1v) is 13.5. The largest absolute Gasteiger partial charge is 0.497 e. The first-order chi connectivity index (χ1) is 19.7. The van der Waals surface area contributed by atoms with Crippen LogP contribution in [0.2, 0.25) is 5.02 Å². The van der Waals surface area contributed by atoms with Crippen LogP contribution in [0.25, 0.3) is 11.3 Å². The van der Waals surface area contributed by atoms with Crippen molar-refractivity contribution in [3.05, 3.63) is 82.8 Å². The summed E-state index contributed by atoms with van der Waals surface area (Å²) in [7, 11) is 5.83. The van der Waals surface area contributed by atoms with E-state index in [9.17, 15) is 14.0 Å². The van der Waals surface area contributed by atoms with Crippen molar-refractivity contribution < 1.29 is 23.5 Å². The molecule has 1 aromatic heterocycles. The van der Waals surface area contributed by atoms with E-state index in [0.717, 1.165) is 11.0 Å². The van der Waals surface area contributed by atoms with Crippen LogP contribution < -0.4 is 10.5 Å². The molecule has 0 spiro atoms. The molecule has 0 saturated carbocycles. The fourth-order valence-corrected chi connectivity index (χ4v) is 3.72. The molecule has 0 saturated heterocycles. The van der Waals surface area contributed by atoms with E-state index in [1.807, 2.05) is 6.07 Å². The van der Waals surface area contributed by atoms with Crippen LogP contribution in [0, 0.1) is 11.2 Å². The average molecular weight is 600 g/mol. The number of halogens is 2. The third-order valence-electron chi connectivity index (χ3n) is 5.46. The van der Waals surface area contributed by atoms with Gasteiger partial charge in [-0.15, -0.1) is 0 Å². The number of methoxy groups -OCH3 is 1. The third kappa shape index (κ3) is 9.73. The summed E-state index contributed by atoms with van der Waals surface area (Å²) < 4.78 is 25.4. The lowest BCUT2D eigenvalue weighted by molar-refractivity contribution is 0.0656. The molecular weight excluding hydrogens is 561 g/mol. The fraction of sp³-hybridized carbons (Fsp3) is 0.355. The van der Waals surface area contributed by atoms with Gasteiger partial charge < -0.3 is 20.1 Å². The van der Waals surface area contributed by atoms with Crippen LogP contribution in [-0.2, 0) is 4.74 Å². The van der Waals surface area contributed by atoms with Crippen molar-refractivity contribution in [3.8, 4) is 17.0 Å². The molecule has 0 aliphatic heterocycles. The minimum atomic E-state index is -0.985. The molecule has 0 aliphatic carbocycles. The Balaban J connectivity index is 0.00000113. The lowest BCUT2D eigenvalue weighted by atomic mass is 10.00. The van der Waals surface area contributed by atoms with Gasteiger partial charge in [0.05, 0.1) is 24.4 Å². The number of pyridine rings is 1. The smallest absolute Gasteiger partial charge is 0.409 e. The van der Waals surface area contributed by atoms with Crippen molar-refractivity contribution in [1.29, 1.82) is 0 Å². The van der Waals surface area contributed by atoms with Crippen molar-refractivity contribution in [3.63, 3.8) is 0 Å². The van der Waals surface area contributed by atoms with Crippen LogP contribution in [0.15, 0.2) is 65.8 Å². The zero-order valence-electron chi connectivity index (χ0n) is 25.3. The van der Waals surface area contributed by atoms with Crippen molar-refractivity contribution in [1.82, 2.24) is 14.8 Å². The van der Waals surface area contributed by atoms with Crippen molar-refractivity contribution in [2.45, 2.75) is 33.7 Å². The molecule has 2 N–H and O–H groups in total. The van der Waals surface area contributed by atoms with Crippen LogP contribution in [0.5, 0.6) is 5.75 Å². The van der Waals surface area contributed by atoms with Crippen molar-refractivity contribution in [2.75, 3.05) is 34.9 Å². The first kappa shape index (κ1) is 34.0. The van der Waals surface area contributed by atoms with Gasteiger partial charge >= 0.3 is 6.09 Å². The summed E-state index contributed by atoms with van der Waals surface area (Å²) in [6.45, 7) is 8.44. The van der Waals surface area contributed by atoms with E-state index < -0.39 is 23.9 Å². The van der Waals surface area contributed by atoms with E-state index in [2.05, 4.69) is 37.7 Å². The predicted octanol–water partition coefficient (Wildman–Crippen LogP) is 6.43. The lowest BCUT2D eigenvalue weighted by Gasteiger charge is -2.31. The molecule has 1 heterocycles. The summed E-state index contributed by atoms with van der Waals surface area (Å²) in [6, 6.07) is 13.2. The van der Waals surface area contributed by atoms with E-state index in [-0.39, 0.29) is 23.9 Å². The average Bonchev–Trinajstić information content (AvgIpc) is 2.94. The summed E-state index contributed by atoms with van der Waals surface area (Å²) in [6.07, 6.45) is 0.984. The monoisotopic (exact) mass is 599 g/mol. The molecule has 0 radical (unpaired) electrons. The van der Waals surface area contributed by atoms with Crippen molar-refractivity contribution in [2.24, 2.45) is 16.1 Å². The Bertz CT molecular complexity index is 1390. The second kappa shape index (κ2) is 15.2. The van der Waals surface area contributed by atoms with Gasteiger partial charge in [-0.25, -0.2) is 9.18 Å². The normalized spacial score (nSPS) is 12.0. The Morgan fingerprint density at radius 2 is 1.76 bits per heavy atom. The lowest BCUT2D eigenvalue weighted by Crippen LogP contribution is -2.46. The maximum Gasteiger partial charge on any atom is 0.409 e. The van der Waals surface area contributed by atoms with Gasteiger partial charge in [0.25, 0.3) is 5.91 Å². The Hall–Kier alpha value is -4.18. The molecule has 42 heavy (non-hydrogen) atoms. The van der Waals surface area contributed by atoms with Crippen LogP contribution >= 0.6 is 11.6 Å². The van der Waals surface area contributed by atoms with Gasteiger partial charge in [-0.2, -0.15) is 0 Å². The quantitative estimate of drug-likeness (QED) is 0.248. The Labute approximate surface area is 252 Å². The maximum absolute atomic E-state index is 14.9. The molecule has 3 rings (SSSR count). The molecule has 2 amide bonds. The number of benzene rings is 2. The SMILES string of the molecule is CC(C)(C)C.CN=C(N)N(C(=O)c1ccc(OC)cc1F)[C@H](COC(=O)N(C)C)c1ccc(Cl)c(-c2ccccn2)c1. The van der Waals surface area contributed by atoms with E-state index in [4.69, 9.17) is 26.8 Å².